The zero-order valence-electron chi connectivity index (χ0n) is 11.1. The number of nitrogens with one attached hydrogen (secondary N) is 1. The van der Waals surface area contributed by atoms with Crippen LogP contribution in [0.2, 0.25) is 0 Å². The van der Waals surface area contributed by atoms with Crippen LogP contribution in [-0.2, 0) is 0 Å². The molecule has 21 heavy (non-hydrogen) atoms. The molecule has 1 aromatic carbocycles. The highest BCUT2D eigenvalue weighted by Crippen LogP contribution is 2.29. The van der Waals surface area contributed by atoms with Crippen molar-refractivity contribution in [3.8, 4) is 17.1 Å². The van der Waals surface area contributed by atoms with Gasteiger partial charge in [-0.1, -0.05) is 12.2 Å². The molecule has 1 saturated heterocycles. The number of furan rings is 1. The Bertz CT molecular complexity index is 732. The molecule has 0 radical (unpaired) electrons. The van der Waals surface area contributed by atoms with E-state index in [4.69, 9.17) is 21.4 Å². The van der Waals surface area contributed by atoms with Crippen LogP contribution in [0.4, 0.5) is 4.79 Å². The van der Waals surface area contributed by atoms with Crippen molar-refractivity contribution >= 4 is 40.3 Å². The van der Waals surface area contributed by atoms with Crippen molar-refractivity contribution in [1.82, 2.24) is 5.32 Å². The van der Waals surface area contributed by atoms with E-state index < -0.39 is 0 Å². The lowest BCUT2D eigenvalue weighted by Gasteiger charge is -2.00. The summed E-state index contributed by atoms with van der Waals surface area (Å²) in [6.45, 7) is 0. The molecular weight excluding hydrogens is 306 g/mol. The number of hydrogen-bond donors (Lipinski definition) is 1. The Morgan fingerprint density at radius 1 is 1.24 bits per heavy atom. The van der Waals surface area contributed by atoms with E-state index in [-0.39, 0.29) is 5.24 Å². The maximum atomic E-state index is 11.2. The Labute approximate surface area is 131 Å². The van der Waals surface area contributed by atoms with Gasteiger partial charge in [-0.2, -0.15) is 0 Å². The van der Waals surface area contributed by atoms with E-state index in [0.29, 0.717) is 15.7 Å². The van der Waals surface area contributed by atoms with Crippen molar-refractivity contribution in [3.05, 3.63) is 47.1 Å². The zero-order valence-corrected chi connectivity index (χ0v) is 12.7. The number of thiocarbonyl (C=S) groups is 1. The Morgan fingerprint density at radius 3 is 2.62 bits per heavy atom. The second-order valence-electron chi connectivity index (χ2n) is 4.28. The lowest BCUT2D eigenvalue weighted by atomic mass is 10.2. The van der Waals surface area contributed by atoms with Crippen LogP contribution in [0.5, 0.6) is 5.75 Å². The smallest absolute Gasteiger partial charge is 0.289 e. The number of thioether (sulfide) groups is 1. The minimum absolute atomic E-state index is 0.159. The maximum Gasteiger partial charge on any atom is 0.289 e. The SMILES string of the molecule is COc1ccc(-c2ccc(C=C3SC(=O)NC3=S)o2)cc1. The van der Waals surface area contributed by atoms with E-state index in [1.54, 1.807) is 13.2 Å². The van der Waals surface area contributed by atoms with Gasteiger partial charge in [-0.15, -0.1) is 0 Å². The van der Waals surface area contributed by atoms with Crippen molar-refractivity contribution in [3.63, 3.8) is 0 Å². The fourth-order valence-electron chi connectivity index (χ4n) is 1.89. The third kappa shape index (κ3) is 3.01. The highest BCUT2D eigenvalue weighted by Gasteiger charge is 2.21. The van der Waals surface area contributed by atoms with Gasteiger partial charge >= 0.3 is 0 Å². The number of benzene rings is 1. The van der Waals surface area contributed by atoms with Crippen LogP contribution < -0.4 is 10.1 Å². The standard InChI is InChI=1S/C15H11NO3S2/c1-18-10-4-2-9(3-5-10)12-7-6-11(19-12)8-13-14(20)16-15(17)21-13/h2-8H,1H3,(H,16,17,20). The third-order valence-electron chi connectivity index (χ3n) is 2.92. The van der Waals surface area contributed by atoms with Crippen LogP contribution in [0.3, 0.4) is 0 Å². The number of hydrogen-bond acceptors (Lipinski definition) is 5. The van der Waals surface area contributed by atoms with E-state index in [0.717, 1.165) is 28.8 Å². The summed E-state index contributed by atoms with van der Waals surface area (Å²) in [5.74, 6) is 2.20. The van der Waals surface area contributed by atoms with Crippen LogP contribution >= 0.6 is 24.0 Å². The van der Waals surface area contributed by atoms with Gasteiger partial charge in [-0.3, -0.25) is 4.79 Å². The largest absolute Gasteiger partial charge is 0.497 e. The van der Waals surface area contributed by atoms with E-state index in [1.807, 2.05) is 36.4 Å². The van der Waals surface area contributed by atoms with E-state index in [1.165, 1.54) is 0 Å². The average Bonchev–Trinajstić information content (AvgIpc) is 3.07. The van der Waals surface area contributed by atoms with E-state index >= 15 is 0 Å². The van der Waals surface area contributed by atoms with Crippen molar-refractivity contribution < 1.29 is 13.9 Å². The molecule has 6 heteroatoms. The monoisotopic (exact) mass is 317 g/mol. The van der Waals surface area contributed by atoms with Crippen molar-refractivity contribution in [1.29, 1.82) is 0 Å². The molecule has 2 aromatic rings. The number of amides is 1. The van der Waals surface area contributed by atoms with Crippen LogP contribution in [0.25, 0.3) is 17.4 Å². The molecule has 0 aliphatic carbocycles. The number of ether oxygens (including phenoxy) is 1. The number of carbonyl (C=O) groups excluding carboxylic acids is 1. The summed E-state index contributed by atoms with van der Waals surface area (Å²) in [5, 5.41) is 2.41. The van der Waals surface area contributed by atoms with Gasteiger partial charge in [0.25, 0.3) is 5.24 Å². The van der Waals surface area contributed by atoms with Gasteiger partial charge in [-0.25, -0.2) is 0 Å². The summed E-state index contributed by atoms with van der Waals surface area (Å²) in [7, 11) is 1.63. The maximum absolute atomic E-state index is 11.2. The second kappa shape index (κ2) is 5.75. The Balaban J connectivity index is 1.84. The second-order valence-corrected chi connectivity index (χ2v) is 5.71. The number of carbonyl (C=O) groups is 1. The lowest BCUT2D eigenvalue weighted by molar-refractivity contribution is 0.265. The molecule has 1 fully saturated rings. The normalized spacial score (nSPS) is 16.3. The van der Waals surface area contributed by atoms with E-state index in [2.05, 4.69) is 5.32 Å². The van der Waals surface area contributed by atoms with Gasteiger partial charge in [0, 0.05) is 5.56 Å². The first-order valence-corrected chi connectivity index (χ1v) is 7.37. The third-order valence-corrected chi connectivity index (χ3v) is 4.20. The van der Waals surface area contributed by atoms with Gasteiger partial charge in [-0.05, 0) is 54.2 Å². The molecule has 3 rings (SSSR count). The van der Waals surface area contributed by atoms with Crippen molar-refractivity contribution in [2.75, 3.05) is 7.11 Å². The molecule has 1 aliphatic heterocycles. The van der Waals surface area contributed by atoms with Crippen molar-refractivity contribution in [2.24, 2.45) is 0 Å². The summed E-state index contributed by atoms with van der Waals surface area (Å²) < 4.78 is 10.9. The first-order valence-electron chi connectivity index (χ1n) is 6.15. The fraction of sp³-hybridized carbons (Fsp3) is 0.0667. The fourth-order valence-corrected chi connectivity index (χ4v) is 2.90. The van der Waals surface area contributed by atoms with Crippen LogP contribution in [-0.4, -0.2) is 17.3 Å². The molecule has 0 unspecified atom stereocenters. The Kier molecular flexibility index (Phi) is 3.81. The minimum Gasteiger partial charge on any atom is -0.497 e. The number of methoxy groups -OCH3 is 1. The summed E-state index contributed by atoms with van der Waals surface area (Å²) in [4.78, 5) is 12.4. The lowest BCUT2D eigenvalue weighted by Crippen LogP contribution is -2.15. The quantitative estimate of drug-likeness (QED) is 0.683. The molecule has 106 valence electrons. The highest BCUT2D eigenvalue weighted by molar-refractivity contribution is 8.19. The topological polar surface area (TPSA) is 51.5 Å². The summed E-state index contributed by atoms with van der Waals surface area (Å²) >= 11 is 6.14. The molecule has 1 aromatic heterocycles. The van der Waals surface area contributed by atoms with Gasteiger partial charge in [0.2, 0.25) is 0 Å². The summed E-state index contributed by atoms with van der Waals surface area (Å²) in [6.07, 6.45) is 1.76. The van der Waals surface area contributed by atoms with Gasteiger partial charge in [0.1, 0.15) is 22.3 Å². The van der Waals surface area contributed by atoms with Crippen molar-refractivity contribution in [2.45, 2.75) is 0 Å². The van der Waals surface area contributed by atoms with E-state index in [9.17, 15) is 4.79 Å². The molecule has 1 N–H and O–H groups in total. The Hall–Kier alpha value is -2.05. The zero-order chi connectivity index (χ0) is 14.8. The highest BCUT2D eigenvalue weighted by atomic mass is 32.2. The van der Waals surface area contributed by atoms with Crippen LogP contribution in [0.1, 0.15) is 5.76 Å². The first kappa shape index (κ1) is 13.9. The molecule has 1 amide bonds. The Morgan fingerprint density at radius 2 is 2.00 bits per heavy atom. The molecule has 0 saturated carbocycles. The van der Waals surface area contributed by atoms with Gasteiger partial charge < -0.3 is 14.5 Å². The predicted molar refractivity (Wildman–Crippen MR) is 87.4 cm³/mol. The molecule has 0 bridgehead atoms. The molecule has 0 spiro atoms. The summed E-state index contributed by atoms with van der Waals surface area (Å²) in [6, 6.07) is 11.3. The molecule has 1 aliphatic rings. The molecule has 4 nitrogen and oxygen atoms in total. The first-order chi connectivity index (χ1) is 10.2. The van der Waals surface area contributed by atoms with Gasteiger partial charge in [0.15, 0.2) is 0 Å². The molecular formula is C15H11NO3S2. The minimum atomic E-state index is -0.159. The number of rotatable bonds is 3. The predicted octanol–water partition coefficient (Wildman–Crippen LogP) is 4.08. The molecule has 0 atom stereocenters. The van der Waals surface area contributed by atoms with Crippen LogP contribution in [0.15, 0.2) is 45.7 Å². The summed E-state index contributed by atoms with van der Waals surface area (Å²) in [5.41, 5.74) is 0.955. The molecule has 2 heterocycles. The van der Waals surface area contributed by atoms with Crippen LogP contribution in [0, 0.1) is 0 Å². The average molecular weight is 317 g/mol. The van der Waals surface area contributed by atoms with Gasteiger partial charge in [0.05, 0.1) is 12.0 Å².